The van der Waals surface area contributed by atoms with Crippen LogP contribution in [0.5, 0.6) is 0 Å². The number of fused-ring (bicyclic) bond motifs is 1. The summed E-state index contributed by atoms with van der Waals surface area (Å²) < 4.78 is 27.0. The first-order valence-corrected chi connectivity index (χ1v) is 11.6. The minimum atomic E-state index is -0.378. The Balaban J connectivity index is 1.88. The van der Waals surface area contributed by atoms with E-state index in [0.717, 1.165) is 17.1 Å². The Morgan fingerprint density at radius 1 is 1.29 bits per heavy atom. The van der Waals surface area contributed by atoms with Crippen LogP contribution in [0.1, 0.15) is 43.1 Å². The molecule has 0 fully saturated rings. The van der Waals surface area contributed by atoms with Gasteiger partial charge in [0, 0.05) is 29.5 Å². The lowest BCUT2D eigenvalue weighted by atomic mass is 10.2. The standard InChI is InChI=1S/C23H26ClFN2O3S/c1-4-29-22(28)16-9-10-21-20(13-16)26-23(27(21)11-6-12-30-15(2)3)31-14-17-18(24)7-5-8-19(17)25/h5,7-10,13,15H,4,6,11-12,14H2,1-3H3. The van der Waals surface area contributed by atoms with Crippen molar-refractivity contribution in [3.05, 3.63) is 58.4 Å². The summed E-state index contributed by atoms with van der Waals surface area (Å²) in [5.74, 6) is -0.364. The molecule has 0 amide bonds. The second-order valence-electron chi connectivity index (χ2n) is 7.23. The summed E-state index contributed by atoms with van der Waals surface area (Å²) in [6.07, 6.45) is 0.973. The lowest BCUT2D eigenvalue weighted by Crippen LogP contribution is -2.08. The fourth-order valence-corrected chi connectivity index (χ4v) is 4.51. The van der Waals surface area contributed by atoms with E-state index < -0.39 is 0 Å². The molecule has 0 spiro atoms. The molecule has 8 heteroatoms. The average molecular weight is 465 g/mol. The van der Waals surface area contributed by atoms with Crippen LogP contribution in [-0.2, 0) is 21.8 Å². The molecule has 1 aromatic heterocycles. The molecule has 1 heterocycles. The first kappa shape index (κ1) is 23.6. The number of aryl methyl sites for hydroxylation is 1. The Morgan fingerprint density at radius 3 is 2.81 bits per heavy atom. The van der Waals surface area contributed by atoms with Crippen molar-refractivity contribution >= 4 is 40.4 Å². The van der Waals surface area contributed by atoms with Gasteiger partial charge in [-0.05, 0) is 57.5 Å². The highest BCUT2D eigenvalue weighted by atomic mass is 35.5. The molecule has 0 bridgehead atoms. The van der Waals surface area contributed by atoms with Crippen LogP contribution in [0, 0.1) is 5.82 Å². The van der Waals surface area contributed by atoms with E-state index in [1.807, 2.05) is 19.9 Å². The number of benzene rings is 2. The number of esters is 1. The maximum Gasteiger partial charge on any atom is 0.338 e. The Kier molecular flexibility index (Phi) is 8.35. The second kappa shape index (κ2) is 11.0. The number of carbonyl (C=O) groups is 1. The summed E-state index contributed by atoms with van der Waals surface area (Å²) in [7, 11) is 0. The highest BCUT2D eigenvalue weighted by molar-refractivity contribution is 7.98. The molecule has 31 heavy (non-hydrogen) atoms. The SMILES string of the molecule is CCOC(=O)c1ccc2c(c1)nc(SCc1c(F)cccc1Cl)n2CCCOC(C)C. The Bertz CT molecular complexity index is 1030. The summed E-state index contributed by atoms with van der Waals surface area (Å²) >= 11 is 7.60. The van der Waals surface area contributed by atoms with Crippen LogP contribution < -0.4 is 0 Å². The molecule has 2 aromatic carbocycles. The maximum atomic E-state index is 14.2. The number of thioether (sulfide) groups is 1. The number of halogens is 2. The molecule has 0 aliphatic carbocycles. The summed E-state index contributed by atoms with van der Waals surface area (Å²) in [6, 6.07) is 10.0. The number of imidazole rings is 1. The van der Waals surface area contributed by atoms with Gasteiger partial charge in [0.25, 0.3) is 0 Å². The van der Waals surface area contributed by atoms with Crippen LogP contribution in [0.4, 0.5) is 4.39 Å². The van der Waals surface area contributed by atoms with Gasteiger partial charge in [0.05, 0.1) is 29.3 Å². The number of rotatable bonds is 10. The fraction of sp³-hybridized carbons (Fsp3) is 0.391. The molecular formula is C23H26ClFN2O3S. The van der Waals surface area contributed by atoms with Gasteiger partial charge in [0.15, 0.2) is 5.16 Å². The fourth-order valence-electron chi connectivity index (χ4n) is 3.12. The molecule has 5 nitrogen and oxygen atoms in total. The van der Waals surface area contributed by atoms with E-state index in [4.69, 9.17) is 26.1 Å². The minimum Gasteiger partial charge on any atom is -0.462 e. The smallest absolute Gasteiger partial charge is 0.338 e. The van der Waals surface area contributed by atoms with Gasteiger partial charge in [-0.15, -0.1) is 0 Å². The van der Waals surface area contributed by atoms with Crippen LogP contribution in [-0.4, -0.2) is 34.8 Å². The highest BCUT2D eigenvalue weighted by Crippen LogP contribution is 2.31. The van der Waals surface area contributed by atoms with Gasteiger partial charge in [-0.3, -0.25) is 0 Å². The molecule has 0 aliphatic rings. The maximum absolute atomic E-state index is 14.2. The molecule has 3 aromatic rings. The lowest BCUT2D eigenvalue weighted by molar-refractivity contribution is 0.0526. The molecule has 0 unspecified atom stereocenters. The molecule has 166 valence electrons. The third-order valence-electron chi connectivity index (χ3n) is 4.61. The summed E-state index contributed by atoms with van der Waals surface area (Å²) in [5, 5.41) is 1.13. The van der Waals surface area contributed by atoms with Gasteiger partial charge in [-0.2, -0.15) is 0 Å². The summed E-state index contributed by atoms with van der Waals surface area (Å²) in [4.78, 5) is 16.8. The molecule has 3 rings (SSSR count). The van der Waals surface area contributed by atoms with Crippen LogP contribution >= 0.6 is 23.4 Å². The van der Waals surface area contributed by atoms with Gasteiger partial charge in [-0.1, -0.05) is 29.4 Å². The molecule has 0 aliphatic heterocycles. The van der Waals surface area contributed by atoms with E-state index in [1.165, 1.54) is 17.8 Å². The second-order valence-corrected chi connectivity index (χ2v) is 8.58. The van der Waals surface area contributed by atoms with E-state index >= 15 is 0 Å². The van der Waals surface area contributed by atoms with Crippen LogP contribution in [0.25, 0.3) is 11.0 Å². The normalized spacial score (nSPS) is 11.4. The van der Waals surface area contributed by atoms with Crippen molar-refractivity contribution in [2.45, 2.75) is 50.8 Å². The average Bonchev–Trinajstić information content (AvgIpc) is 3.07. The molecule has 0 saturated heterocycles. The van der Waals surface area contributed by atoms with Crippen molar-refractivity contribution in [1.82, 2.24) is 9.55 Å². The third kappa shape index (κ3) is 5.99. The zero-order valence-corrected chi connectivity index (χ0v) is 19.4. The van der Waals surface area contributed by atoms with Crippen LogP contribution in [0.15, 0.2) is 41.6 Å². The Hall–Kier alpha value is -2.09. The molecular weight excluding hydrogens is 439 g/mol. The molecule has 0 radical (unpaired) electrons. The van der Waals surface area contributed by atoms with E-state index in [-0.39, 0.29) is 17.9 Å². The van der Waals surface area contributed by atoms with E-state index in [1.54, 1.807) is 31.2 Å². The molecule has 0 saturated carbocycles. The largest absolute Gasteiger partial charge is 0.462 e. The van der Waals surface area contributed by atoms with Crippen molar-refractivity contribution in [3.63, 3.8) is 0 Å². The molecule has 0 N–H and O–H groups in total. The third-order valence-corrected chi connectivity index (χ3v) is 5.97. The first-order valence-electron chi connectivity index (χ1n) is 10.3. The number of hydrogen-bond acceptors (Lipinski definition) is 5. The number of hydrogen-bond donors (Lipinski definition) is 0. The Labute approximate surface area is 190 Å². The number of carbonyl (C=O) groups excluding carboxylic acids is 1. The van der Waals surface area contributed by atoms with Crippen molar-refractivity contribution < 1.29 is 18.7 Å². The predicted molar refractivity (Wildman–Crippen MR) is 122 cm³/mol. The van der Waals surface area contributed by atoms with Crippen molar-refractivity contribution in [2.75, 3.05) is 13.2 Å². The van der Waals surface area contributed by atoms with Gasteiger partial charge in [-0.25, -0.2) is 14.2 Å². The Morgan fingerprint density at radius 2 is 2.10 bits per heavy atom. The van der Waals surface area contributed by atoms with Crippen molar-refractivity contribution in [3.8, 4) is 0 Å². The first-order chi connectivity index (χ1) is 14.9. The van der Waals surface area contributed by atoms with Gasteiger partial charge >= 0.3 is 5.97 Å². The monoisotopic (exact) mass is 464 g/mol. The summed E-state index contributed by atoms with van der Waals surface area (Å²) in [5.41, 5.74) is 2.50. The number of ether oxygens (including phenoxy) is 2. The quantitative estimate of drug-likeness (QED) is 0.206. The highest BCUT2D eigenvalue weighted by Gasteiger charge is 2.16. The zero-order valence-electron chi connectivity index (χ0n) is 17.9. The summed E-state index contributed by atoms with van der Waals surface area (Å²) in [6.45, 7) is 7.40. The number of aromatic nitrogens is 2. The van der Waals surface area contributed by atoms with Crippen LogP contribution in [0.2, 0.25) is 5.02 Å². The van der Waals surface area contributed by atoms with Crippen molar-refractivity contribution in [2.24, 2.45) is 0 Å². The van der Waals surface area contributed by atoms with E-state index in [9.17, 15) is 9.18 Å². The van der Waals surface area contributed by atoms with Crippen molar-refractivity contribution in [1.29, 1.82) is 0 Å². The number of nitrogens with zero attached hydrogens (tertiary/aromatic N) is 2. The lowest BCUT2D eigenvalue weighted by Gasteiger charge is -2.11. The molecule has 0 atom stereocenters. The van der Waals surface area contributed by atoms with E-state index in [2.05, 4.69) is 4.57 Å². The van der Waals surface area contributed by atoms with Crippen LogP contribution in [0.3, 0.4) is 0 Å². The zero-order chi connectivity index (χ0) is 22.4. The van der Waals surface area contributed by atoms with Gasteiger partial charge in [0.2, 0.25) is 0 Å². The van der Waals surface area contributed by atoms with E-state index in [0.29, 0.717) is 47.2 Å². The topological polar surface area (TPSA) is 53.3 Å². The van der Waals surface area contributed by atoms with Gasteiger partial charge in [0.1, 0.15) is 5.82 Å². The predicted octanol–water partition coefficient (Wildman–Crippen LogP) is 6.11. The van der Waals surface area contributed by atoms with Gasteiger partial charge < -0.3 is 14.0 Å². The minimum absolute atomic E-state index is 0.170.